The van der Waals surface area contributed by atoms with Gasteiger partial charge < -0.3 is 5.32 Å². The van der Waals surface area contributed by atoms with Crippen molar-refractivity contribution in [2.24, 2.45) is 4.52 Å². The molecule has 2 aromatic carbocycles. The summed E-state index contributed by atoms with van der Waals surface area (Å²) in [6.07, 6.45) is 0.313. The number of hydrogen-bond acceptors (Lipinski definition) is 3. The summed E-state index contributed by atoms with van der Waals surface area (Å²) in [4.78, 5) is 13.8. The van der Waals surface area contributed by atoms with Crippen LogP contribution in [0.5, 0.6) is 0 Å². The van der Waals surface area contributed by atoms with E-state index in [1.54, 1.807) is 31.2 Å². The minimum Gasteiger partial charge on any atom is -0.326 e. The molecule has 0 unspecified atom stereocenters. The molecule has 0 aliphatic heterocycles. The molecule has 21 heavy (non-hydrogen) atoms. The van der Waals surface area contributed by atoms with Crippen molar-refractivity contribution in [3.63, 3.8) is 0 Å². The zero-order valence-corrected chi connectivity index (χ0v) is 12.0. The summed E-state index contributed by atoms with van der Waals surface area (Å²) in [6, 6.07) is 9.48. The standard InChI is InChI=1S/C13H12N4O3S/c1-2-13(18)15-11-7-3-6-10-9(11)5-4-8-12(10)21(19,20)17-16-14/h3-8H,2H2,1H3,(H,15,18). The van der Waals surface area contributed by atoms with Gasteiger partial charge in [-0.1, -0.05) is 31.2 Å². The number of amides is 1. The molecule has 2 aromatic rings. The maximum atomic E-state index is 11.9. The predicted octanol–water partition coefficient (Wildman–Crippen LogP) is 3.19. The quantitative estimate of drug-likeness (QED) is 0.531. The number of benzene rings is 2. The minimum absolute atomic E-state index is 0.0922. The summed E-state index contributed by atoms with van der Waals surface area (Å²) >= 11 is 0. The van der Waals surface area contributed by atoms with Gasteiger partial charge in [-0.15, -0.1) is 0 Å². The summed E-state index contributed by atoms with van der Waals surface area (Å²) in [5.41, 5.74) is 8.87. The number of carbonyl (C=O) groups is 1. The van der Waals surface area contributed by atoms with Crippen molar-refractivity contribution in [3.05, 3.63) is 46.8 Å². The van der Waals surface area contributed by atoms with E-state index >= 15 is 0 Å². The van der Waals surface area contributed by atoms with Crippen LogP contribution in [0.2, 0.25) is 0 Å². The van der Waals surface area contributed by atoms with Gasteiger partial charge in [-0.3, -0.25) is 4.79 Å². The van der Waals surface area contributed by atoms with Crippen LogP contribution in [0.3, 0.4) is 0 Å². The fourth-order valence-electron chi connectivity index (χ4n) is 1.95. The van der Waals surface area contributed by atoms with Crippen molar-refractivity contribution in [2.75, 3.05) is 5.32 Å². The van der Waals surface area contributed by atoms with Crippen LogP contribution in [0.15, 0.2) is 45.8 Å². The van der Waals surface area contributed by atoms with Crippen LogP contribution >= 0.6 is 0 Å². The van der Waals surface area contributed by atoms with Crippen LogP contribution in [-0.4, -0.2) is 14.3 Å². The lowest BCUT2D eigenvalue weighted by Crippen LogP contribution is -2.09. The average Bonchev–Trinajstić information content (AvgIpc) is 2.46. The van der Waals surface area contributed by atoms with Gasteiger partial charge in [0.05, 0.1) is 4.90 Å². The van der Waals surface area contributed by atoms with Crippen LogP contribution in [0, 0.1) is 0 Å². The first kappa shape index (κ1) is 14.8. The molecule has 0 radical (unpaired) electrons. The molecule has 1 N–H and O–H groups in total. The molecule has 0 aliphatic carbocycles. The third-order valence-electron chi connectivity index (χ3n) is 2.90. The van der Waals surface area contributed by atoms with E-state index in [0.29, 0.717) is 22.9 Å². The Bertz CT molecular complexity index is 855. The van der Waals surface area contributed by atoms with E-state index in [0.717, 1.165) is 0 Å². The lowest BCUT2D eigenvalue weighted by molar-refractivity contribution is -0.115. The highest BCUT2D eigenvalue weighted by Crippen LogP contribution is 2.29. The number of hydrogen-bond donors (Lipinski definition) is 1. The highest BCUT2D eigenvalue weighted by atomic mass is 32.2. The first-order chi connectivity index (χ1) is 9.99. The molecule has 0 aromatic heterocycles. The van der Waals surface area contributed by atoms with Gasteiger partial charge in [0.2, 0.25) is 5.91 Å². The second kappa shape index (κ2) is 5.82. The second-order valence-corrected chi connectivity index (χ2v) is 5.76. The average molecular weight is 304 g/mol. The second-order valence-electron chi connectivity index (χ2n) is 4.20. The molecule has 7 nitrogen and oxygen atoms in total. The zero-order chi connectivity index (χ0) is 15.5. The van der Waals surface area contributed by atoms with E-state index in [4.69, 9.17) is 5.53 Å². The maximum Gasteiger partial charge on any atom is 0.264 e. The van der Waals surface area contributed by atoms with Gasteiger partial charge in [0, 0.05) is 32.3 Å². The molecule has 2 rings (SSSR count). The van der Waals surface area contributed by atoms with Crippen LogP contribution in [0.4, 0.5) is 5.69 Å². The maximum absolute atomic E-state index is 11.9. The number of rotatable bonds is 4. The van der Waals surface area contributed by atoms with E-state index < -0.39 is 10.0 Å². The van der Waals surface area contributed by atoms with Gasteiger partial charge in [-0.2, -0.15) is 0 Å². The van der Waals surface area contributed by atoms with Gasteiger partial charge in [-0.25, -0.2) is 8.42 Å². The van der Waals surface area contributed by atoms with E-state index in [9.17, 15) is 13.2 Å². The monoisotopic (exact) mass is 304 g/mol. The van der Waals surface area contributed by atoms with E-state index in [1.165, 1.54) is 12.1 Å². The Morgan fingerprint density at radius 1 is 1.24 bits per heavy atom. The lowest BCUT2D eigenvalue weighted by atomic mass is 10.1. The highest BCUT2D eigenvalue weighted by Gasteiger charge is 2.16. The molecule has 8 heteroatoms. The molecule has 0 bridgehead atoms. The Morgan fingerprint density at radius 2 is 1.90 bits per heavy atom. The molecule has 0 saturated carbocycles. The molecular formula is C13H12N4O3S. The minimum atomic E-state index is -4.09. The fourth-order valence-corrected chi connectivity index (χ4v) is 2.84. The van der Waals surface area contributed by atoms with Gasteiger partial charge in [-0.05, 0) is 17.7 Å². The van der Waals surface area contributed by atoms with Crippen LogP contribution < -0.4 is 5.32 Å². The Labute approximate surface area is 121 Å². The summed E-state index contributed by atoms with van der Waals surface area (Å²) in [5, 5.41) is 3.66. The number of carbonyl (C=O) groups excluding carboxylic acids is 1. The molecule has 0 heterocycles. The largest absolute Gasteiger partial charge is 0.326 e. The first-order valence-electron chi connectivity index (χ1n) is 6.12. The Morgan fingerprint density at radius 3 is 2.57 bits per heavy atom. The van der Waals surface area contributed by atoms with Crippen molar-refractivity contribution in [1.29, 1.82) is 0 Å². The van der Waals surface area contributed by atoms with Crippen molar-refractivity contribution in [1.82, 2.24) is 0 Å². The normalized spacial score (nSPS) is 10.9. The van der Waals surface area contributed by atoms with Crippen LogP contribution in [0.25, 0.3) is 21.2 Å². The molecule has 1 amide bonds. The lowest BCUT2D eigenvalue weighted by Gasteiger charge is -2.10. The molecule has 0 saturated heterocycles. The molecule has 108 valence electrons. The molecule has 0 fully saturated rings. The Hall–Kier alpha value is -2.57. The zero-order valence-electron chi connectivity index (χ0n) is 11.1. The van der Waals surface area contributed by atoms with Crippen LogP contribution in [0.1, 0.15) is 13.3 Å². The van der Waals surface area contributed by atoms with Gasteiger partial charge >= 0.3 is 0 Å². The third-order valence-corrected chi connectivity index (χ3v) is 4.10. The molecule has 0 aliphatic rings. The van der Waals surface area contributed by atoms with E-state index in [-0.39, 0.29) is 10.8 Å². The smallest absolute Gasteiger partial charge is 0.264 e. The van der Waals surface area contributed by atoms with Crippen LogP contribution in [-0.2, 0) is 14.8 Å². The molecule has 0 spiro atoms. The van der Waals surface area contributed by atoms with Crippen molar-refractivity contribution in [2.45, 2.75) is 18.2 Å². The number of azide groups is 1. The fraction of sp³-hybridized carbons (Fsp3) is 0.154. The van der Waals surface area contributed by atoms with Crippen molar-refractivity contribution in [3.8, 4) is 0 Å². The third kappa shape index (κ3) is 2.96. The summed E-state index contributed by atoms with van der Waals surface area (Å²) < 4.78 is 26.7. The van der Waals surface area contributed by atoms with Gasteiger partial charge in [0.15, 0.2) is 0 Å². The van der Waals surface area contributed by atoms with E-state index in [1.807, 2.05) is 0 Å². The van der Waals surface area contributed by atoms with Gasteiger partial charge in [0.25, 0.3) is 10.0 Å². The number of sulfonamides is 1. The first-order valence-corrected chi connectivity index (χ1v) is 7.56. The SMILES string of the molecule is CCC(=O)Nc1cccc2c(S(=O)(=O)N=[N+]=[N-])cccc12. The van der Waals surface area contributed by atoms with Gasteiger partial charge in [0.1, 0.15) is 0 Å². The number of nitrogens with one attached hydrogen (secondary N) is 1. The summed E-state index contributed by atoms with van der Waals surface area (Å²) in [7, 11) is -4.09. The Kier molecular flexibility index (Phi) is 4.11. The summed E-state index contributed by atoms with van der Waals surface area (Å²) in [6.45, 7) is 1.72. The topological polar surface area (TPSA) is 112 Å². The number of fused-ring (bicyclic) bond motifs is 1. The van der Waals surface area contributed by atoms with E-state index in [2.05, 4.69) is 14.7 Å². The molecular weight excluding hydrogens is 292 g/mol. The van der Waals surface area contributed by atoms with Crippen molar-refractivity contribution >= 4 is 32.4 Å². The predicted molar refractivity (Wildman–Crippen MR) is 79.2 cm³/mol. The van der Waals surface area contributed by atoms with Crippen molar-refractivity contribution < 1.29 is 13.2 Å². The number of nitrogens with zero attached hydrogens (tertiary/aromatic N) is 3. The highest BCUT2D eigenvalue weighted by molar-refractivity contribution is 7.90. The summed E-state index contributed by atoms with van der Waals surface area (Å²) in [5.74, 6) is -0.175. The Balaban J connectivity index is 2.70. The number of anilines is 1. The molecule has 0 atom stereocenters.